The molecule has 2 rings (SSSR count). The summed E-state index contributed by atoms with van der Waals surface area (Å²) in [4.78, 5) is 12.2. The van der Waals surface area contributed by atoms with Gasteiger partial charge in [-0.2, -0.15) is 10.2 Å². The summed E-state index contributed by atoms with van der Waals surface area (Å²) in [7, 11) is -3.50. The molecule has 0 saturated carbocycles. The number of hydrogen-bond acceptors (Lipinski definition) is 7. The zero-order valence-electron chi connectivity index (χ0n) is 18.4. The van der Waals surface area contributed by atoms with Crippen LogP contribution in [0.2, 0.25) is 0 Å². The van der Waals surface area contributed by atoms with Crippen molar-refractivity contribution in [2.75, 3.05) is 26.4 Å². The fourth-order valence-corrected chi connectivity index (χ4v) is 5.96. The molecule has 0 aliphatic carbocycles. The number of benzene rings is 2. The molecule has 0 bridgehead atoms. The van der Waals surface area contributed by atoms with Crippen molar-refractivity contribution in [1.29, 1.82) is 0 Å². The molecule has 168 valence electrons. The quantitative estimate of drug-likeness (QED) is 0.333. The maximum Gasteiger partial charge on any atom is 0.520 e. The van der Waals surface area contributed by atoms with Gasteiger partial charge in [0.05, 0.1) is 18.0 Å². The van der Waals surface area contributed by atoms with E-state index in [0.29, 0.717) is 43.4 Å². The number of carboxylic acid groups (broad SMARTS) is 1. The Labute approximate surface area is 184 Å². The Morgan fingerprint density at radius 2 is 1.26 bits per heavy atom. The number of carboxylic acids is 1. The lowest BCUT2D eigenvalue weighted by molar-refractivity contribution is -0.138. The van der Waals surface area contributed by atoms with Crippen molar-refractivity contribution in [2.24, 2.45) is 10.2 Å². The van der Waals surface area contributed by atoms with E-state index in [1.54, 1.807) is 45.0 Å². The van der Waals surface area contributed by atoms with Crippen molar-refractivity contribution in [1.82, 2.24) is 0 Å². The fraction of sp³-hybridized carbons (Fsp3) is 0.409. The van der Waals surface area contributed by atoms with Crippen LogP contribution in [0.3, 0.4) is 0 Å². The minimum atomic E-state index is -3.50. The second kappa shape index (κ2) is 12.3. The third kappa shape index (κ3) is 6.69. The molecular weight excluding hydrogens is 416 g/mol. The van der Waals surface area contributed by atoms with E-state index < -0.39 is 20.3 Å². The number of hydrogen-bond donors (Lipinski definition) is 1. The number of rotatable bonds is 13. The van der Waals surface area contributed by atoms with Gasteiger partial charge in [-0.3, -0.25) is 4.79 Å². The lowest BCUT2D eigenvalue weighted by Crippen LogP contribution is -2.54. The van der Waals surface area contributed by atoms with Gasteiger partial charge in [-0.15, -0.1) is 0 Å². The van der Waals surface area contributed by atoms with Crippen molar-refractivity contribution < 1.29 is 27.9 Å². The molecule has 2 aromatic rings. The Balaban J connectivity index is 2.25. The van der Waals surface area contributed by atoms with Crippen LogP contribution in [-0.2, 0) is 18.1 Å². The molecule has 31 heavy (non-hydrogen) atoms. The predicted octanol–water partition coefficient (Wildman–Crippen LogP) is 5.26. The van der Waals surface area contributed by atoms with E-state index in [0.717, 1.165) is 5.75 Å². The third-order valence-corrected chi connectivity index (χ3v) is 7.65. The van der Waals surface area contributed by atoms with Crippen molar-refractivity contribution in [3.63, 3.8) is 0 Å². The zero-order chi connectivity index (χ0) is 22.7. The number of azo groups is 1. The van der Waals surface area contributed by atoms with Crippen LogP contribution in [0, 0.1) is 0 Å². The summed E-state index contributed by atoms with van der Waals surface area (Å²) < 4.78 is 22.8. The summed E-state index contributed by atoms with van der Waals surface area (Å²) in [6.07, 6.45) is 0. The molecule has 0 heterocycles. The normalized spacial score (nSPS) is 12.8. The van der Waals surface area contributed by atoms with Crippen molar-refractivity contribution in [3.05, 3.63) is 54.1 Å². The highest BCUT2D eigenvalue weighted by Crippen LogP contribution is 2.32. The van der Waals surface area contributed by atoms with Gasteiger partial charge in [0.25, 0.3) is 0 Å². The number of nitrogens with zero attached hydrogens (tertiary/aromatic N) is 2. The molecule has 0 spiro atoms. The highest BCUT2D eigenvalue weighted by Gasteiger charge is 2.54. The van der Waals surface area contributed by atoms with E-state index in [1.807, 2.05) is 31.2 Å². The molecule has 1 atom stereocenters. The summed E-state index contributed by atoms with van der Waals surface area (Å²) >= 11 is 0. The van der Waals surface area contributed by atoms with E-state index in [9.17, 15) is 9.90 Å². The summed E-state index contributed by atoms with van der Waals surface area (Å²) in [5, 5.41) is 18.4. The second-order valence-corrected chi connectivity index (χ2v) is 9.04. The van der Waals surface area contributed by atoms with Crippen LogP contribution < -0.4 is 4.74 Å². The van der Waals surface area contributed by atoms with Crippen LogP contribution in [0.4, 0.5) is 11.4 Å². The standard InChI is InChI=1S/C22H30N2O6Si/c1-5-27-20-15-13-19(14-16-20)24-23-18-11-9-17(10-12-18)21(22(25)26)31(28-6-2,29-7-3)30-8-4/h9-16,21H,5-8H2,1-4H3,(H,25,26). The van der Waals surface area contributed by atoms with Gasteiger partial charge in [-0.05, 0) is 69.7 Å². The van der Waals surface area contributed by atoms with Gasteiger partial charge in [-0.25, -0.2) is 0 Å². The van der Waals surface area contributed by atoms with E-state index in [-0.39, 0.29) is 0 Å². The van der Waals surface area contributed by atoms with Gasteiger partial charge < -0.3 is 23.1 Å². The average molecular weight is 447 g/mol. The molecule has 0 radical (unpaired) electrons. The Morgan fingerprint density at radius 1 is 0.806 bits per heavy atom. The Bertz CT molecular complexity index is 825. The molecule has 0 fully saturated rings. The molecule has 0 aliphatic rings. The smallest absolute Gasteiger partial charge is 0.494 e. The molecular formula is C22H30N2O6Si. The monoisotopic (exact) mass is 446 g/mol. The molecule has 0 saturated heterocycles. The van der Waals surface area contributed by atoms with Crippen LogP contribution in [0.15, 0.2) is 58.8 Å². The first kappa shape index (κ1) is 24.7. The summed E-state index contributed by atoms with van der Waals surface area (Å²) in [6.45, 7) is 8.80. The first-order valence-electron chi connectivity index (χ1n) is 10.4. The molecule has 0 aromatic heterocycles. The van der Waals surface area contributed by atoms with Crippen molar-refractivity contribution >= 4 is 26.1 Å². The van der Waals surface area contributed by atoms with E-state index in [2.05, 4.69) is 10.2 Å². The molecule has 2 aromatic carbocycles. The van der Waals surface area contributed by atoms with Gasteiger partial charge in [0, 0.05) is 19.8 Å². The van der Waals surface area contributed by atoms with Gasteiger partial charge in [-0.1, -0.05) is 12.1 Å². The zero-order valence-corrected chi connectivity index (χ0v) is 19.4. The molecule has 0 amide bonds. The summed E-state index contributed by atoms with van der Waals surface area (Å²) in [5.41, 5.74) is 0.781. The predicted molar refractivity (Wildman–Crippen MR) is 119 cm³/mol. The average Bonchev–Trinajstić information content (AvgIpc) is 2.75. The fourth-order valence-electron chi connectivity index (χ4n) is 3.10. The van der Waals surface area contributed by atoms with E-state index >= 15 is 0 Å². The van der Waals surface area contributed by atoms with Crippen molar-refractivity contribution in [2.45, 2.75) is 33.2 Å². The highest BCUT2D eigenvalue weighted by atomic mass is 28.4. The summed E-state index contributed by atoms with van der Waals surface area (Å²) in [6, 6.07) is 14.1. The number of carbonyl (C=O) groups is 1. The molecule has 9 heteroatoms. The maximum atomic E-state index is 12.2. The lowest BCUT2D eigenvalue weighted by Gasteiger charge is -2.33. The van der Waals surface area contributed by atoms with Crippen LogP contribution >= 0.6 is 0 Å². The lowest BCUT2D eigenvalue weighted by atomic mass is 10.1. The van der Waals surface area contributed by atoms with Gasteiger partial charge in [0.2, 0.25) is 0 Å². The number of ether oxygens (including phenoxy) is 1. The number of aliphatic carboxylic acids is 1. The van der Waals surface area contributed by atoms with Crippen LogP contribution in [0.5, 0.6) is 5.75 Å². The van der Waals surface area contributed by atoms with Gasteiger partial charge >= 0.3 is 14.8 Å². The minimum absolute atomic E-state index is 0.296. The second-order valence-electron chi connectivity index (χ2n) is 6.39. The van der Waals surface area contributed by atoms with Crippen molar-refractivity contribution in [3.8, 4) is 5.75 Å². The summed E-state index contributed by atoms with van der Waals surface area (Å²) in [5.74, 6) is -0.276. The van der Waals surface area contributed by atoms with Crippen LogP contribution in [0.1, 0.15) is 38.8 Å². The first-order valence-corrected chi connectivity index (χ1v) is 12.2. The van der Waals surface area contributed by atoms with Crippen LogP contribution in [0.25, 0.3) is 0 Å². The molecule has 1 unspecified atom stereocenters. The molecule has 0 aliphatic heterocycles. The Kier molecular flexibility index (Phi) is 9.80. The molecule has 8 nitrogen and oxygen atoms in total. The minimum Gasteiger partial charge on any atom is -0.494 e. The topological polar surface area (TPSA) is 98.9 Å². The highest BCUT2D eigenvalue weighted by molar-refractivity contribution is 6.66. The van der Waals surface area contributed by atoms with Gasteiger partial charge in [0.1, 0.15) is 5.75 Å². The first-order chi connectivity index (χ1) is 15.0. The van der Waals surface area contributed by atoms with Gasteiger partial charge in [0.15, 0.2) is 5.54 Å². The van der Waals surface area contributed by atoms with E-state index in [4.69, 9.17) is 18.0 Å². The Morgan fingerprint density at radius 3 is 1.65 bits per heavy atom. The maximum absolute atomic E-state index is 12.2. The Hall–Kier alpha value is -2.59. The largest absolute Gasteiger partial charge is 0.520 e. The SMILES string of the molecule is CCOc1ccc(N=Nc2ccc(C(C(=O)O)[Si](OCC)(OCC)OCC)cc2)cc1. The molecule has 1 N–H and O–H groups in total. The third-order valence-electron chi connectivity index (χ3n) is 4.29. The van der Waals surface area contributed by atoms with E-state index in [1.165, 1.54) is 0 Å². The van der Waals surface area contributed by atoms with Crippen LogP contribution in [-0.4, -0.2) is 46.3 Å².